The molecule has 0 atom stereocenters. The second kappa shape index (κ2) is 7.84. The maximum absolute atomic E-state index is 11.7. The minimum Gasteiger partial charge on any atom is -0.382 e. The number of hydrogen-bond acceptors (Lipinski definition) is 3. The normalized spacial score (nSPS) is 10.4. The lowest BCUT2D eigenvalue weighted by Gasteiger charge is -2.10. The zero-order valence-electron chi connectivity index (χ0n) is 11.2. The van der Waals surface area contributed by atoms with E-state index in [9.17, 15) is 4.79 Å². The summed E-state index contributed by atoms with van der Waals surface area (Å²) in [7, 11) is 0. The molecule has 4 heteroatoms. The van der Waals surface area contributed by atoms with E-state index in [1.807, 2.05) is 32.0 Å². The second-order valence-corrected chi connectivity index (χ2v) is 4.20. The molecule has 1 rings (SSSR count). The van der Waals surface area contributed by atoms with Crippen LogP contribution in [0.4, 0.5) is 5.69 Å². The molecule has 0 aliphatic carbocycles. The molecule has 0 heterocycles. The van der Waals surface area contributed by atoms with Gasteiger partial charge in [0, 0.05) is 31.9 Å². The van der Waals surface area contributed by atoms with Crippen molar-refractivity contribution in [3.8, 4) is 0 Å². The first kappa shape index (κ1) is 14.7. The molecule has 3 N–H and O–H groups in total. The fourth-order valence-electron chi connectivity index (χ4n) is 1.62. The molecule has 18 heavy (non-hydrogen) atoms. The summed E-state index contributed by atoms with van der Waals surface area (Å²) in [6, 6.07) is 5.87. The van der Waals surface area contributed by atoms with Crippen LogP contribution in [0.1, 0.15) is 30.9 Å². The van der Waals surface area contributed by atoms with Gasteiger partial charge in [-0.2, -0.15) is 0 Å². The first-order valence-corrected chi connectivity index (χ1v) is 6.34. The van der Waals surface area contributed by atoms with Crippen LogP contribution in [0.5, 0.6) is 0 Å². The smallest absolute Gasteiger partial charge is 0.224 e. The van der Waals surface area contributed by atoms with Crippen LogP contribution in [0.25, 0.3) is 0 Å². The fourth-order valence-corrected chi connectivity index (χ4v) is 1.62. The van der Waals surface area contributed by atoms with Gasteiger partial charge in [0.05, 0.1) is 0 Å². The molecule has 1 amide bonds. The molecule has 0 saturated carbocycles. The second-order valence-electron chi connectivity index (χ2n) is 4.20. The Balaban J connectivity index is 2.48. The minimum atomic E-state index is 0.0203. The largest absolute Gasteiger partial charge is 0.382 e. The van der Waals surface area contributed by atoms with Gasteiger partial charge in [-0.05, 0) is 37.5 Å². The summed E-state index contributed by atoms with van der Waals surface area (Å²) < 4.78 is 5.20. The summed E-state index contributed by atoms with van der Waals surface area (Å²) in [4.78, 5) is 11.7. The van der Waals surface area contributed by atoms with Crippen LogP contribution in [-0.2, 0) is 16.1 Å². The van der Waals surface area contributed by atoms with Crippen molar-refractivity contribution in [1.82, 2.24) is 0 Å². The summed E-state index contributed by atoms with van der Waals surface area (Å²) >= 11 is 0. The number of nitrogens with two attached hydrogens (primary N) is 1. The van der Waals surface area contributed by atoms with Gasteiger partial charge in [0.15, 0.2) is 0 Å². The van der Waals surface area contributed by atoms with Gasteiger partial charge in [0.25, 0.3) is 0 Å². The summed E-state index contributed by atoms with van der Waals surface area (Å²) in [5, 5.41) is 2.91. The van der Waals surface area contributed by atoms with Crippen molar-refractivity contribution < 1.29 is 9.53 Å². The molecule has 0 spiro atoms. The molecule has 4 nitrogen and oxygen atoms in total. The van der Waals surface area contributed by atoms with Crippen molar-refractivity contribution in [3.63, 3.8) is 0 Å². The molecule has 0 aliphatic rings. The van der Waals surface area contributed by atoms with Crippen molar-refractivity contribution in [1.29, 1.82) is 0 Å². The Bertz CT molecular complexity index is 391. The van der Waals surface area contributed by atoms with E-state index in [4.69, 9.17) is 10.5 Å². The van der Waals surface area contributed by atoms with Gasteiger partial charge in [-0.25, -0.2) is 0 Å². The molecule has 0 aromatic heterocycles. The molecule has 100 valence electrons. The van der Waals surface area contributed by atoms with Gasteiger partial charge in [-0.3, -0.25) is 4.79 Å². The van der Waals surface area contributed by atoms with Crippen molar-refractivity contribution in [3.05, 3.63) is 29.3 Å². The Morgan fingerprint density at radius 2 is 2.22 bits per heavy atom. The molecule has 0 radical (unpaired) electrons. The monoisotopic (exact) mass is 250 g/mol. The number of nitrogens with one attached hydrogen (secondary N) is 1. The van der Waals surface area contributed by atoms with Crippen LogP contribution in [-0.4, -0.2) is 19.1 Å². The maximum Gasteiger partial charge on any atom is 0.224 e. The van der Waals surface area contributed by atoms with Gasteiger partial charge >= 0.3 is 0 Å². The van der Waals surface area contributed by atoms with Crippen LogP contribution in [0.3, 0.4) is 0 Å². The lowest BCUT2D eigenvalue weighted by Crippen LogP contribution is -2.13. The van der Waals surface area contributed by atoms with E-state index in [1.165, 1.54) is 0 Å². The Morgan fingerprint density at radius 1 is 1.44 bits per heavy atom. The first-order chi connectivity index (χ1) is 8.67. The van der Waals surface area contributed by atoms with Crippen LogP contribution in [0.15, 0.2) is 18.2 Å². The molecule has 1 aromatic rings. The zero-order valence-corrected chi connectivity index (χ0v) is 11.2. The van der Waals surface area contributed by atoms with E-state index in [2.05, 4.69) is 5.32 Å². The van der Waals surface area contributed by atoms with Gasteiger partial charge < -0.3 is 15.8 Å². The molecular formula is C14H22N2O2. The molecule has 0 aliphatic heterocycles. The maximum atomic E-state index is 11.7. The molecule has 0 bridgehead atoms. The Hall–Kier alpha value is -1.39. The first-order valence-electron chi connectivity index (χ1n) is 6.34. The number of aryl methyl sites for hydroxylation is 1. The molecular weight excluding hydrogens is 228 g/mol. The van der Waals surface area contributed by atoms with E-state index < -0.39 is 0 Å². The number of ether oxygens (including phenoxy) is 1. The standard InChI is InChI=1S/C14H22N2O2/c1-3-18-8-4-5-14(17)16-13-9-12(10-15)7-6-11(13)2/h6-7,9H,3-5,8,10,15H2,1-2H3,(H,16,17). The van der Waals surface area contributed by atoms with Gasteiger partial charge in [-0.15, -0.1) is 0 Å². The van der Waals surface area contributed by atoms with Crippen molar-refractivity contribution in [2.45, 2.75) is 33.2 Å². The minimum absolute atomic E-state index is 0.0203. The predicted octanol–water partition coefficient (Wildman–Crippen LogP) is 2.21. The number of benzene rings is 1. The molecule has 0 fully saturated rings. The Morgan fingerprint density at radius 3 is 2.89 bits per heavy atom. The molecule has 0 saturated heterocycles. The number of carbonyl (C=O) groups excluding carboxylic acids is 1. The van der Waals surface area contributed by atoms with Crippen LogP contribution < -0.4 is 11.1 Å². The molecule has 1 aromatic carbocycles. The fraction of sp³-hybridized carbons (Fsp3) is 0.500. The van der Waals surface area contributed by atoms with Crippen LogP contribution in [0.2, 0.25) is 0 Å². The Labute approximate surface area is 109 Å². The van der Waals surface area contributed by atoms with Crippen LogP contribution in [0, 0.1) is 6.92 Å². The highest BCUT2D eigenvalue weighted by molar-refractivity contribution is 5.91. The third-order valence-corrected chi connectivity index (χ3v) is 2.71. The molecule has 0 unspecified atom stereocenters. The number of hydrogen-bond donors (Lipinski definition) is 2. The van der Waals surface area contributed by atoms with Gasteiger partial charge in [-0.1, -0.05) is 12.1 Å². The quantitative estimate of drug-likeness (QED) is 0.729. The van der Waals surface area contributed by atoms with Gasteiger partial charge in [0.1, 0.15) is 0 Å². The van der Waals surface area contributed by atoms with Gasteiger partial charge in [0.2, 0.25) is 5.91 Å². The lowest BCUT2D eigenvalue weighted by molar-refractivity contribution is -0.116. The van der Waals surface area contributed by atoms with Crippen molar-refractivity contribution >= 4 is 11.6 Å². The number of rotatable bonds is 7. The number of anilines is 1. The van der Waals surface area contributed by atoms with E-state index in [-0.39, 0.29) is 5.91 Å². The third-order valence-electron chi connectivity index (χ3n) is 2.71. The lowest BCUT2D eigenvalue weighted by atomic mass is 10.1. The number of carbonyl (C=O) groups is 1. The average molecular weight is 250 g/mol. The topological polar surface area (TPSA) is 64.3 Å². The number of amides is 1. The third kappa shape index (κ3) is 4.85. The summed E-state index contributed by atoms with van der Waals surface area (Å²) in [6.45, 7) is 5.72. The summed E-state index contributed by atoms with van der Waals surface area (Å²) in [5.41, 5.74) is 8.50. The summed E-state index contributed by atoms with van der Waals surface area (Å²) in [5.74, 6) is 0.0203. The predicted molar refractivity (Wildman–Crippen MR) is 73.4 cm³/mol. The highest BCUT2D eigenvalue weighted by Crippen LogP contribution is 2.17. The van der Waals surface area contributed by atoms with E-state index in [0.717, 1.165) is 23.2 Å². The van der Waals surface area contributed by atoms with Crippen LogP contribution >= 0.6 is 0 Å². The highest BCUT2D eigenvalue weighted by atomic mass is 16.5. The zero-order chi connectivity index (χ0) is 13.4. The SMILES string of the molecule is CCOCCCC(=O)Nc1cc(CN)ccc1C. The summed E-state index contributed by atoms with van der Waals surface area (Å²) in [6.07, 6.45) is 1.22. The Kier molecular flexibility index (Phi) is 6.39. The van der Waals surface area contributed by atoms with E-state index in [0.29, 0.717) is 26.2 Å². The van der Waals surface area contributed by atoms with Crippen molar-refractivity contribution in [2.75, 3.05) is 18.5 Å². The van der Waals surface area contributed by atoms with E-state index >= 15 is 0 Å². The van der Waals surface area contributed by atoms with Crippen molar-refractivity contribution in [2.24, 2.45) is 5.73 Å². The average Bonchev–Trinajstić information content (AvgIpc) is 2.37. The van der Waals surface area contributed by atoms with E-state index in [1.54, 1.807) is 0 Å². The highest BCUT2D eigenvalue weighted by Gasteiger charge is 2.05.